The second kappa shape index (κ2) is 10.3. The minimum atomic E-state index is -1.10. The third-order valence-electron chi connectivity index (χ3n) is 10.4. The molecule has 1 aromatic carbocycles. The number of allylic oxidation sites excluding steroid dienone is 1. The maximum absolute atomic E-state index is 14.0. The van der Waals surface area contributed by atoms with E-state index in [1.54, 1.807) is 18.9 Å². The van der Waals surface area contributed by atoms with Crippen LogP contribution in [0.2, 0.25) is 0 Å². The Hall–Kier alpha value is -2.83. The summed E-state index contributed by atoms with van der Waals surface area (Å²) in [6.07, 6.45) is 11.9. The third kappa shape index (κ3) is 4.66. The summed E-state index contributed by atoms with van der Waals surface area (Å²) < 4.78 is 10.9. The molecule has 7 rings (SSSR count). The average molecular weight is 535 g/mol. The fourth-order valence-electron chi connectivity index (χ4n) is 9.15. The summed E-state index contributed by atoms with van der Waals surface area (Å²) in [6, 6.07) is 7.62. The molecule has 0 spiro atoms. The molecule has 210 valence electrons. The predicted molar refractivity (Wildman–Crippen MR) is 146 cm³/mol. The number of carbonyl (C=O) groups excluding carboxylic acids is 3. The van der Waals surface area contributed by atoms with Gasteiger partial charge in [-0.2, -0.15) is 0 Å². The van der Waals surface area contributed by atoms with E-state index in [-0.39, 0.29) is 36.2 Å². The number of ether oxygens (including phenoxy) is 2. The molecule has 0 aromatic heterocycles. The smallest absolute Gasteiger partial charge is 0.318 e. The molecule has 5 aliphatic carbocycles. The highest BCUT2D eigenvalue weighted by molar-refractivity contribution is 5.99. The molecule has 7 heteroatoms. The van der Waals surface area contributed by atoms with Crippen LogP contribution in [0.3, 0.4) is 0 Å². The summed E-state index contributed by atoms with van der Waals surface area (Å²) in [5, 5.41) is 3.25. The van der Waals surface area contributed by atoms with Gasteiger partial charge in [0, 0.05) is 18.7 Å². The van der Waals surface area contributed by atoms with Crippen molar-refractivity contribution in [2.24, 2.45) is 34.5 Å². The maximum atomic E-state index is 14.0. The number of nitrogens with one attached hydrogen (secondary N) is 1. The number of nitrogens with zero attached hydrogens (tertiary/aromatic N) is 1. The number of hydrogen-bond donors (Lipinski definition) is 1. The molecule has 5 fully saturated rings. The van der Waals surface area contributed by atoms with E-state index in [1.165, 1.54) is 38.5 Å². The molecule has 1 saturated heterocycles. The monoisotopic (exact) mass is 534 g/mol. The number of methoxy groups -OCH3 is 1. The van der Waals surface area contributed by atoms with Gasteiger partial charge in [-0.25, -0.2) is 0 Å². The van der Waals surface area contributed by atoms with E-state index >= 15 is 0 Å². The lowest BCUT2D eigenvalue weighted by atomic mass is 9.49. The van der Waals surface area contributed by atoms with Crippen LogP contribution in [0.5, 0.6) is 5.75 Å². The van der Waals surface area contributed by atoms with Crippen molar-refractivity contribution in [2.45, 2.75) is 77.7 Å². The van der Waals surface area contributed by atoms with E-state index < -0.39 is 11.3 Å². The van der Waals surface area contributed by atoms with Crippen molar-refractivity contribution >= 4 is 17.8 Å². The number of esters is 1. The van der Waals surface area contributed by atoms with Gasteiger partial charge in [0.2, 0.25) is 11.8 Å². The zero-order chi connectivity index (χ0) is 27.2. The molecule has 0 radical (unpaired) electrons. The van der Waals surface area contributed by atoms with E-state index in [9.17, 15) is 14.4 Å². The average Bonchev–Trinajstić information content (AvgIpc) is 3.15. The highest BCUT2D eigenvalue weighted by Gasteiger charge is 2.62. The first-order chi connectivity index (χ1) is 18.9. The molecule has 2 amide bonds. The van der Waals surface area contributed by atoms with Crippen LogP contribution in [-0.2, 0) is 25.7 Å². The minimum Gasteiger partial charge on any atom is -0.497 e. The molecule has 4 bridgehead atoms. The number of amides is 2. The fraction of sp³-hybridized carbons (Fsp3) is 0.656. The molecule has 0 unspecified atom stereocenters. The summed E-state index contributed by atoms with van der Waals surface area (Å²) in [6.45, 7) is 3.08. The van der Waals surface area contributed by atoms with E-state index in [2.05, 4.69) is 5.32 Å². The predicted octanol–water partition coefficient (Wildman–Crippen LogP) is 4.99. The van der Waals surface area contributed by atoms with Crippen molar-refractivity contribution in [1.29, 1.82) is 0 Å². The van der Waals surface area contributed by atoms with Crippen LogP contribution in [0, 0.1) is 34.5 Å². The molecule has 4 saturated carbocycles. The Morgan fingerprint density at radius 1 is 1.05 bits per heavy atom. The minimum absolute atomic E-state index is 0.0144. The van der Waals surface area contributed by atoms with E-state index in [0.717, 1.165) is 41.9 Å². The van der Waals surface area contributed by atoms with Crippen molar-refractivity contribution < 1.29 is 23.9 Å². The van der Waals surface area contributed by atoms with Crippen molar-refractivity contribution in [3.63, 3.8) is 0 Å². The molecule has 1 heterocycles. The molecule has 1 N–H and O–H groups in total. The first-order valence-corrected chi connectivity index (χ1v) is 14.9. The van der Waals surface area contributed by atoms with Crippen LogP contribution in [0.4, 0.5) is 0 Å². The van der Waals surface area contributed by atoms with Gasteiger partial charge >= 0.3 is 5.97 Å². The summed E-state index contributed by atoms with van der Waals surface area (Å²) in [5.74, 6) is 1.80. The van der Waals surface area contributed by atoms with Crippen molar-refractivity contribution in [3.05, 3.63) is 41.6 Å². The molecule has 1 aromatic rings. The largest absolute Gasteiger partial charge is 0.497 e. The van der Waals surface area contributed by atoms with Gasteiger partial charge in [0.05, 0.1) is 26.2 Å². The standard InChI is InChI=1S/C32H42N2O5/c1-3-39-30(37)32-11-5-4-6-27(32)34(19-21-7-9-25(38-2)10-8-21)29(36)26(32)15-28(35)33-20-31-16-22-12-23(17-31)14-24(13-22)18-31/h6-10,22-24,26H,3-5,11-20H2,1-2H3,(H,33,35)/t22?,23?,24?,26-,31?,32-/m0/s1. The van der Waals surface area contributed by atoms with Crippen molar-refractivity contribution in [2.75, 3.05) is 20.3 Å². The molecular formula is C32H42N2O5. The lowest BCUT2D eigenvalue weighted by Gasteiger charge is -2.56. The van der Waals surface area contributed by atoms with Gasteiger partial charge in [-0.3, -0.25) is 14.4 Å². The van der Waals surface area contributed by atoms with Crippen molar-refractivity contribution in [3.8, 4) is 5.75 Å². The van der Waals surface area contributed by atoms with Gasteiger partial charge in [0.15, 0.2) is 0 Å². The highest BCUT2D eigenvalue weighted by atomic mass is 16.5. The summed E-state index contributed by atoms with van der Waals surface area (Å²) in [7, 11) is 1.62. The van der Waals surface area contributed by atoms with Crippen LogP contribution in [0.15, 0.2) is 36.0 Å². The second-order valence-corrected chi connectivity index (χ2v) is 12.9. The third-order valence-corrected chi connectivity index (χ3v) is 10.4. The molecule has 6 aliphatic rings. The van der Waals surface area contributed by atoms with E-state index in [0.29, 0.717) is 25.2 Å². The lowest BCUT2D eigenvalue weighted by molar-refractivity contribution is -0.158. The van der Waals surface area contributed by atoms with Gasteiger partial charge in [-0.05, 0) is 106 Å². The molecular weight excluding hydrogens is 492 g/mol. The van der Waals surface area contributed by atoms with Gasteiger partial charge in [-0.15, -0.1) is 0 Å². The van der Waals surface area contributed by atoms with Crippen LogP contribution in [0.1, 0.15) is 76.7 Å². The lowest BCUT2D eigenvalue weighted by Crippen LogP contribution is -2.51. The number of benzene rings is 1. The topological polar surface area (TPSA) is 84.9 Å². The highest BCUT2D eigenvalue weighted by Crippen LogP contribution is 2.60. The van der Waals surface area contributed by atoms with Gasteiger partial charge < -0.3 is 19.7 Å². The Bertz CT molecular complexity index is 1120. The first kappa shape index (κ1) is 26.4. The number of rotatable bonds is 9. The van der Waals surface area contributed by atoms with E-state index in [4.69, 9.17) is 9.47 Å². The second-order valence-electron chi connectivity index (χ2n) is 12.9. The van der Waals surface area contributed by atoms with Crippen molar-refractivity contribution in [1.82, 2.24) is 10.2 Å². The number of fused-ring (bicyclic) bond motifs is 1. The molecule has 1 aliphatic heterocycles. The van der Waals surface area contributed by atoms with Gasteiger partial charge in [-0.1, -0.05) is 18.2 Å². The Balaban J connectivity index is 1.22. The van der Waals surface area contributed by atoms with Crippen LogP contribution in [-0.4, -0.2) is 42.9 Å². The number of carbonyl (C=O) groups is 3. The Kier molecular flexibility index (Phi) is 6.96. The quantitative estimate of drug-likeness (QED) is 0.451. The molecule has 7 nitrogen and oxygen atoms in total. The maximum Gasteiger partial charge on any atom is 0.318 e. The van der Waals surface area contributed by atoms with Gasteiger partial charge in [0.1, 0.15) is 11.2 Å². The zero-order valence-corrected chi connectivity index (χ0v) is 23.4. The fourth-order valence-corrected chi connectivity index (χ4v) is 9.15. The Labute approximate surface area is 231 Å². The van der Waals surface area contributed by atoms with Crippen LogP contribution < -0.4 is 10.1 Å². The normalized spacial score (nSPS) is 34.5. The summed E-state index contributed by atoms with van der Waals surface area (Å²) in [5.41, 5.74) is 0.780. The van der Waals surface area contributed by atoms with Crippen LogP contribution >= 0.6 is 0 Å². The molecule has 2 atom stereocenters. The van der Waals surface area contributed by atoms with Crippen LogP contribution in [0.25, 0.3) is 0 Å². The first-order valence-electron chi connectivity index (χ1n) is 14.9. The Morgan fingerprint density at radius 2 is 1.72 bits per heavy atom. The molecule has 39 heavy (non-hydrogen) atoms. The SMILES string of the molecule is CCOC(=O)[C@]12CCCC=C1N(Cc1ccc(OC)cc1)C(=O)[C@@H]2CC(=O)NCC12CC3CC(CC(C3)C1)C2. The van der Waals surface area contributed by atoms with E-state index in [1.807, 2.05) is 30.3 Å². The van der Waals surface area contributed by atoms with Gasteiger partial charge in [0.25, 0.3) is 0 Å². The number of likely N-dealkylation sites (tertiary alicyclic amines) is 1. The Morgan fingerprint density at radius 3 is 2.33 bits per heavy atom. The summed E-state index contributed by atoms with van der Waals surface area (Å²) >= 11 is 0. The zero-order valence-electron chi connectivity index (χ0n) is 23.4. The number of hydrogen-bond acceptors (Lipinski definition) is 5. The summed E-state index contributed by atoms with van der Waals surface area (Å²) in [4.78, 5) is 42.9.